The lowest BCUT2D eigenvalue weighted by atomic mass is 10.2. The first-order chi connectivity index (χ1) is 11.7. The number of aromatic nitrogens is 2. The molecule has 0 saturated carbocycles. The molecule has 0 spiro atoms. The second-order valence-corrected chi connectivity index (χ2v) is 5.79. The zero-order valence-electron chi connectivity index (χ0n) is 14.1. The molecule has 1 aromatic carbocycles. The van der Waals surface area contributed by atoms with Gasteiger partial charge < -0.3 is 14.5 Å². The Morgan fingerprint density at radius 1 is 1.17 bits per heavy atom. The van der Waals surface area contributed by atoms with Gasteiger partial charge in [-0.2, -0.15) is 0 Å². The molecule has 1 amide bonds. The Bertz CT molecular complexity index is 712. The molecule has 1 aliphatic heterocycles. The highest BCUT2D eigenvalue weighted by molar-refractivity contribution is 5.92. The van der Waals surface area contributed by atoms with E-state index in [1.165, 1.54) is 17.6 Å². The molecule has 6 nitrogen and oxygen atoms in total. The van der Waals surface area contributed by atoms with Crippen molar-refractivity contribution in [1.29, 1.82) is 0 Å². The van der Waals surface area contributed by atoms with Crippen molar-refractivity contribution in [3.8, 4) is 5.88 Å². The van der Waals surface area contributed by atoms with Crippen molar-refractivity contribution in [2.75, 3.05) is 37.7 Å². The van der Waals surface area contributed by atoms with Crippen molar-refractivity contribution in [2.45, 2.75) is 13.8 Å². The van der Waals surface area contributed by atoms with Gasteiger partial charge in [-0.3, -0.25) is 4.79 Å². The topological polar surface area (TPSA) is 58.6 Å². The maximum Gasteiger partial charge on any atom is 0.272 e. The lowest BCUT2D eigenvalue weighted by Gasteiger charge is -2.36. The number of amides is 1. The second kappa shape index (κ2) is 7.29. The van der Waals surface area contributed by atoms with Crippen molar-refractivity contribution in [3.05, 3.63) is 47.9 Å². The molecule has 24 heavy (non-hydrogen) atoms. The van der Waals surface area contributed by atoms with Crippen molar-refractivity contribution in [1.82, 2.24) is 14.9 Å². The Kier molecular flexibility index (Phi) is 4.93. The first-order valence-corrected chi connectivity index (χ1v) is 8.23. The van der Waals surface area contributed by atoms with Crippen LogP contribution >= 0.6 is 0 Å². The molecule has 1 aliphatic rings. The zero-order chi connectivity index (χ0) is 16.9. The quantitative estimate of drug-likeness (QED) is 0.861. The fraction of sp³-hybridized carbons (Fsp3) is 0.389. The summed E-state index contributed by atoms with van der Waals surface area (Å²) in [5.74, 6) is 0.372. The average Bonchev–Trinajstić information content (AvgIpc) is 2.62. The number of aryl methyl sites for hydroxylation is 1. The molecular formula is C18H22N4O2. The third-order valence-corrected chi connectivity index (χ3v) is 4.09. The van der Waals surface area contributed by atoms with E-state index in [9.17, 15) is 4.79 Å². The van der Waals surface area contributed by atoms with E-state index < -0.39 is 0 Å². The highest BCUT2D eigenvalue weighted by atomic mass is 16.5. The molecule has 0 N–H and O–H groups in total. The molecule has 3 rings (SSSR count). The summed E-state index contributed by atoms with van der Waals surface area (Å²) in [7, 11) is 0. The van der Waals surface area contributed by atoms with Crippen LogP contribution in [-0.4, -0.2) is 53.6 Å². The fourth-order valence-electron chi connectivity index (χ4n) is 2.84. The summed E-state index contributed by atoms with van der Waals surface area (Å²) in [5.41, 5.74) is 2.84. The minimum atomic E-state index is -0.0674. The van der Waals surface area contributed by atoms with Crippen LogP contribution in [0.2, 0.25) is 0 Å². The Morgan fingerprint density at radius 2 is 1.96 bits per heavy atom. The molecule has 1 fully saturated rings. The lowest BCUT2D eigenvalue weighted by molar-refractivity contribution is 0.0740. The van der Waals surface area contributed by atoms with E-state index in [2.05, 4.69) is 46.1 Å². The van der Waals surface area contributed by atoms with Crippen LogP contribution in [0.25, 0.3) is 0 Å². The molecular weight excluding hydrogens is 304 g/mol. The number of nitrogens with zero attached hydrogens (tertiary/aromatic N) is 4. The largest absolute Gasteiger partial charge is 0.478 e. The summed E-state index contributed by atoms with van der Waals surface area (Å²) in [5, 5.41) is 0. The van der Waals surface area contributed by atoms with Crippen molar-refractivity contribution < 1.29 is 9.53 Å². The number of hydrogen-bond donors (Lipinski definition) is 0. The van der Waals surface area contributed by atoms with Gasteiger partial charge in [-0.25, -0.2) is 9.97 Å². The molecule has 2 aromatic rings. The fourth-order valence-corrected chi connectivity index (χ4v) is 2.84. The maximum absolute atomic E-state index is 12.6. The van der Waals surface area contributed by atoms with Gasteiger partial charge in [-0.05, 0) is 31.5 Å². The molecule has 0 unspecified atom stereocenters. The minimum absolute atomic E-state index is 0.0674. The van der Waals surface area contributed by atoms with E-state index in [0.29, 0.717) is 31.3 Å². The van der Waals surface area contributed by atoms with Gasteiger partial charge in [0.15, 0.2) is 0 Å². The third kappa shape index (κ3) is 3.64. The van der Waals surface area contributed by atoms with E-state index in [0.717, 1.165) is 13.1 Å². The number of hydrogen-bond acceptors (Lipinski definition) is 5. The van der Waals surface area contributed by atoms with E-state index in [1.54, 1.807) is 6.07 Å². The Hall–Kier alpha value is -2.63. The van der Waals surface area contributed by atoms with Gasteiger partial charge >= 0.3 is 0 Å². The van der Waals surface area contributed by atoms with Gasteiger partial charge in [-0.15, -0.1) is 0 Å². The predicted octanol–water partition coefficient (Wildman–Crippen LogP) is 2.15. The summed E-state index contributed by atoms with van der Waals surface area (Å²) in [6, 6.07) is 10.1. The molecule has 1 saturated heterocycles. The number of ether oxygens (including phenoxy) is 1. The molecule has 126 valence electrons. The standard InChI is InChI=1S/C18H22N4O2/c1-3-24-17-12-16(19-13-20-17)18(23)22-9-7-21(8-10-22)15-6-4-5-14(2)11-15/h4-6,11-13H,3,7-10H2,1-2H3. The molecule has 6 heteroatoms. The van der Waals surface area contributed by atoms with Gasteiger partial charge in [0, 0.05) is 37.9 Å². The van der Waals surface area contributed by atoms with Crippen LogP contribution in [0.5, 0.6) is 5.88 Å². The Morgan fingerprint density at radius 3 is 2.67 bits per heavy atom. The molecule has 0 aliphatic carbocycles. The van der Waals surface area contributed by atoms with Gasteiger partial charge in [0.1, 0.15) is 12.0 Å². The molecule has 1 aromatic heterocycles. The highest BCUT2D eigenvalue weighted by Gasteiger charge is 2.23. The molecule has 2 heterocycles. The van der Waals surface area contributed by atoms with Crippen molar-refractivity contribution >= 4 is 11.6 Å². The summed E-state index contributed by atoms with van der Waals surface area (Å²) in [6.45, 7) is 7.49. The van der Waals surface area contributed by atoms with Crippen molar-refractivity contribution in [2.24, 2.45) is 0 Å². The summed E-state index contributed by atoms with van der Waals surface area (Å²) < 4.78 is 5.34. The van der Waals surface area contributed by atoms with Crippen LogP contribution in [0.4, 0.5) is 5.69 Å². The maximum atomic E-state index is 12.6. The monoisotopic (exact) mass is 326 g/mol. The van der Waals surface area contributed by atoms with E-state index in [4.69, 9.17) is 4.74 Å². The number of carbonyl (C=O) groups is 1. The molecule has 0 bridgehead atoms. The number of carbonyl (C=O) groups excluding carboxylic acids is 1. The minimum Gasteiger partial charge on any atom is -0.478 e. The molecule has 0 atom stereocenters. The Labute approximate surface area is 142 Å². The number of benzene rings is 1. The van der Waals surface area contributed by atoms with Crippen LogP contribution in [0, 0.1) is 6.92 Å². The molecule has 0 radical (unpaired) electrons. The summed E-state index contributed by atoms with van der Waals surface area (Å²) in [4.78, 5) is 24.9. The zero-order valence-corrected chi connectivity index (χ0v) is 14.1. The van der Waals surface area contributed by atoms with E-state index in [-0.39, 0.29) is 5.91 Å². The van der Waals surface area contributed by atoms with Crippen LogP contribution in [-0.2, 0) is 0 Å². The normalized spacial score (nSPS) is 14.6. The van der Waals surface area contributed by atoms with E-state index in [1.807, 2.05) is 11.8 Å². The van der Waals surface area contributed by atoms with E-state index >= 15 is 0 Å². The smallest absolute Gasteiger partial charge is 0.272 e. The number of anilines is 1. The van der Waals surface area contributed by atoms with Gasteiger partial charge in [0.2, 0.25) is 5.88 Å². The average molecular weight is 326 g/mol. The predicted molar refractivity (Wildman–Crippen MR) is 92.5 cm³/mol. The summed E-state index contributed by atoms with van der Waals surface area (Å²) in [6.07, 6.45) is 1.38. The van der Waals surface area contributed by atoms with Crippen LogP contribution in [0.1, 0.15) is 23.0 Å². The second-order valence-electron chi connectivity index (χ2n) is 5.79. The third-order valence-electron chi connectivity index (χ3n) is 4.09. The van der Waals surface area contributed by atoms with Crippen LogP contribution in [0.3, 0.4) is 0 Å². The Balaban J connectivity index is 1.64. The SMILES string of the molecule is CCOc1cc(C(=O)N2CCN(c3cccc(C)c3)CC2)ncn1. The van der Waals surface area contributed by atoms with Crippen molar-refractivity contribution in [3.63, 3.8) is 0 Å². The number of rotatable bonds is 4. The highest BCUT2D eigenvalue weighted by Crippen LogP contribution is 2.18. The summed E-state index contributed by atoms with van der Waals surface area (Å²) >= 11 is 0. The van der Waals surface area contributed by atoms with Gasteiger partial charge in [-0.1, -0.05) is 12.1 Å². The van der Waals surface area contributed by atoms with Gasteiger partial charge in [0.25, 0.3) is 5.91 Å². The first kappa shape index (κ1) is 16.2. The van der Waals surface area contributed by atoms with Crippen LogP contribution in [0.15, 0.2) is 36.7 Å². The van der Waals surface area contributed by atoms with Crippen LogP contribution < -0.4 is 9.64 Å². The number of piperazine rings is 1. The first-order valence-electron chi connectivity index (χ1n) is 8.23. The van der Waals surface area contributed by atoms with Gasteiger partial charge in [0.05, 0.1) is 6.61 Å². The lowest BCUT2D eigenvalue weighted by Crippen LogP contribution is -2.49.